The Morgan fingerprint density at radius 2 is 1.65 bits per heavy atom. The molecular weight excluding hydrogens is 310 g/mol. The van der Waals surface area contributed by atoms with E-state index in [-0.39, 0.29) is 5.78 Å². The molecule has 112 valence electrons. The van der Waals surface area contributed by atoms with Gasteiger partial charge < -0.3 is 0 Å². The van der Waals surface area contributed by atoms with Gasteiger partial charge in [0.05, 0.1) is 0 Å². The number of hydrogen-bond donors (Lipinski definition) is 0. The second-order valence-corrected chi connectivity index (χ2v) is 5.64. The third-order valence-corrected chi connectivity index (χ3v) is 4.00. The fraction of sp³-hybridized carbons (Fsp3) is 0.0556. The molecule has 0 fully saturated rings. The van der Waals surface area contributed by atoms with E-state index in [1.165, 1.54) is 0 Å². The molecule has 0 aliphatic heterocycles. The maximum atomic E-state index is 12.5. The highest BCUT2D eigenvalue weighted by Gasteiger charge is 2.28. The van der Waals surface area contributed by atoms with Crippen molar-refractivity contribution in [3.8, 4) is 0 Å². The zero-order valence-electron chi connectivity index (χ0n) is 12.2. The van der Waals surface area contributed by atoms with E-state index < -0.39 is 0 Å². The van der Waals surface area contributed by atoms with Crippen molar-refractivity contribution < 1.29 is 4.79 Å². The molecule has 2 aromatic rings. The first-order chi connectivity index (χ1) is 11.1. The average molecular weight is 322 g/mol. The van der Waals surface area contributed by atoms with Gasteiger partial charge in [0, 0.05) is 27.6 Å². The van der Waals surface area contributed by atoms with E-state index in [0.29, 0.717) is 28.3 Å². The smallest absolute Gasteiger partial charge is 0.189 e. The first kappa shape index (κ1) is 15.1. The summed E-state index contributed by atoms with van der Waals surface area (Å²) in [7, 11) is 0. The van der Waals surface area contributed by atoms with Gasteiger partial charge in [0.1, 0.15) is 0 Å². The number of Topliss-reactive ketones (excluding diaryl/α,β-unsaturated/α-hetero) is 1. The van der Waals surface area contributed by atoms with E-state index >= 15 is 0 Å². The van der Waals surface area contributed by atoms with Crippen LogP contribution in [-0.4, -0.2) is 5.78 Å². The summed E-state index contributed by atoms with van der Waals surface area (Å²) in [6.45, 7) is 3.87. The molecule has 0 bridgehead atoms. The highest BCUT2D eigenvalue weighted by molar-refractivity contribution is 6.38. The zero-order valence-corrected chi connectivity index (χ0v) is 12.9. The molecule has 0 N–H and O–H groups in total. The van der Waals surface area contributed by atoms with Crippen LogP contribution in [0.15, 0.2) is 65.8 Å². The predicted octanol–water partition coefficient (Wildman–Crippen LogP) is 5.72. The Morgan fingerprint density at radius 3 is 2.26 bits per heavy atom. The van der Waals surface area contributed by atoms with Gasteiger partial charge in [0.15, 0.2) is 5.78 Å². The molecule has 2 aromatic carbocycles. The minimum absolute atomic E-state index is 0.0496. The lowest BCUT2D eigenvalue weighted by molar-refractivity contribution is -0.110. The first-order valence-electron chi connectivity index (χ1n) is 6.97. The number of azide groups is 1. The average Bonchev–Trinajstić information content (AvgIpc) is 2.85. The summed E-state index contributed by atoms with van der Waals surface area (Å²) < 4.78 is 0. The van der Waals surface area contributed by atoms with Crippen molar-refractivity contribution in [2.45, 2.75) is 6.42 Å². The quantitative estimate of drug-likeness (QED) is 0.308. The number of hydrogen-bond acceptors (Lipinski definition) is 2. The zero-order chi connectivity index (χ0) is 16.4. The summed E-state index contributed by atoms with van der Waals surface area (Å²) >= 11 is 5.94. The highest BCUT2D eigenvalue weighted by Crippen LogP contribution is 2.40. The van der Waals surface area contributed by atoms with Crippen LogP contribution in [0.3, 0.4) is 0 Å². The molecular formula is C18H12ClN3O. The van der Waals surface area contributed by atoms with E-state index in [9.17, 15) is 4.79 Å². The van der Waals surface area contributed by atoms with E-state index in [1.54, 1.807) is 36.4 Å². The monoisotopic (exact) mass is 321 g/mol. The molecule has 1 aliphatic carbocycles. The van der Waals surface area contributed by atoms with Crippen molar-refractivity contribution in [2.24, 2.45) is 5.11 Å². The molecule has 5 heteroatoms. The van der Waals surface area contributed by atoms with Crippen molar-refractivity contribution in [1.29, 1.82) is 0 Å². The summed E-state index contributed by atoms with van der Waals surface area (Å²) in [4.78, 5) is 15.3. The summed E-state index contributed by atoms with van der Waals surface area (Å²) in [6.07, 6.45) is 0.522. The van der Waals surface area contributed by atoms with Gasteiger partial charge >= 0.3 is 0 Å². The van der Waals surface area contributed by atoms with Gasteiger partial charge in [-0.05, 0) is 39.9 Å². The van der Waals surface area contributed by atoms with Crippen LogP contribution in [-0.2, 0) is 4.79 Å². The van der Waals surface area contributed by atoms with Crippen molar-refractivity contribution in [3.63, 3.8) is 0 Å². The van der Waals surface area contributed by atoms with Gasteiger partial charge in [0.25, 0.3) is 0 Å². The number of allylic oxidation sites excluding steroid dienone is 3. The standard InChI is InChI=1S/C18H12ClN3O/c1-11-10-16(12-2-6-14(19)7-3-12)17(18(11)23)13-4-8-15(9-5-13)21-22-20/h2-9H,1,10H2. The number of carbonyl (C=O) groups is 1. The number of carbonyl (C=O) groups excluding carboxylic acids is 1. The van der Waals surface area contributed by atoms with Crippen LogP contribution in [0, 0.1) is 0 Å². The topological polar surface area (TPSA) is 65.8 Å². The number of nitrogens with zero attached hydrogens (tertiary/aromatic N) is 3. The van der Waals surface area contributed by atoms with Crippen LogP contribution in [0.5, 0.6) is 0 Å². The second-order valence-electron chi connectivity index (χ2n) is 5.21. The number of rotatable bonds is 3. The Hall–Kier alpha value is -2.81. The normalized spacial score (nSPS) is 14.1. The maximum absolute atomic E-state index is 12.5. The number of halogens is 1. The minimum atomic E-state index is -0.0496. The molecule has 3 rings (SSSR count). The van der Waals surface area contributed by atoms with Crippen molar-refractivity contribution in [2.75, 3.05) is 0 Å². The van der Waals surface area contributed by atoms with Crippen molar-refractivity contribution >= 4 is 34.2 Å². The molecule has 0 spiro atoms. The summed E-state index contributed by atoms with van der Waals surface area (Å²) in [5.74, 6) is -0.0496. The second kappa shape index (κ2) is 6.13. The molecule has 0 aromatic heterocycles. The Balaban J connectivity index is 2.12. The van der Waals surface area contributed by atoms with Gasteiger partial charge in [-0.2, -0.15) is 0 Å². The van der Waals surface area contributed by atoms with E-state index in [4.69, 9.17) is 17.1 Å². The van der Waals surface area contributed by atoms with Gasteiger partial charge in [-0.3, -0.25) is 4.79 Å². The van der Waals surface area contributed by atoms with Crippen LogP contribution in [0.4, 0.5) is 5.69 Å². The lowest BCUT2D eigenvalue weighted by Gasteiger charge is -2.07. The summed E-state index contributed by atoms with van der Waals surface area (Å²) in [6, 6.07) is 14.4. The lowest BCUT2D eigenvalue weighted by atomic mass is 9.96. The van der Waals surface area contributed by atoms with Gasteiger partial charge in [-0.15, -0.1) is 0 Å². The SMILES string of the molecule is C=C1CC(c2ccc(Cl)cc2)=C(c2ccc(N=[N+]=[N-])cc2)C1=O. The van der Waals surface area contributed by atoms with Crippen LogP contribution < -0.4 is 0 Å². The van der Waals surface area contributed by atoms with Crippen molar-refractivity contribution in [3.05, 3.63) is 87.3 Å². The molecule has 1 aliphatic rings. The third kappa shape index (κ3) is 2.90. The van der Waals surface area contributed by atoms with E-state index in [1.807, 2.05) is 12.1 Å². The molecule has 23 heavy (non-hydrogen) atoms. The maximum Gasteiger partial charge on any atom is 0.189 e. The minimum Gasteiger partial charge on any atom is -0.289 e. The molecule has 0 radical (unpaired) electrons. The molecule has 0 atom stereocenters. The van der Waals surface area contributed by atoms with Crippen LogP contribution in [0.1, 0.15) is 17.5 Å². The third-order valence-electron chi connectivity index (χ3n) is 3.75. The van der Waals surface area contributed by atoms with Gasteiger partial charge in [0.2, 0.25) is 0 Å². The van der Waals surface area contributed by atoms with E-state index in [2.05, 4.69) is 16.6 Å². The Morgan fingerprint density at radius 1 is 1.04 bits per heavy atom. The van der Waals surface area contributed by atoms with Crippen LogP contribution in [0.2, 0.25) is 5.02 Å². The molecule has 0 saturated carbocycles. The molecule has 4 nitrogen and oxygen atoms in total. The number of ketones is 1. The Labute approximate surface area is 138 Å². The lowest BCUT2D eigenvalue weighted by Crippen LogP contribution is -1.97. The van der Waals surface area contributed by atoms with Crippen LogP contribution >= 0.6 is 11.6 Å². The van der Waals surface area contributed by atoms with E-state index in [0.717, 1.165) is 16.7 Å². The predicted molar refractivity (Wildman–Crippen MR) is 92.3 cm³/mol. The van der Waals surface area contributed by atoms with Crippen LogP contribution in [0.25, 0.3) is 21.6 Å². The van der Waals surface area contributed by atoms with Gasteiger partial charge in [-0.1, -0.05) is 59.7 Å². The number of benzene rings is 2. The fourth-order valence-corrected chi connectivity index (χ4v) is 2.77. The summed E-state index contributed by atoms with van der Waals surface area (Å²) in [5, 5.41) is 4.19. The molecule has 0 saturated heterocycles. The van der Waals surface area contributed by atoms with Gasteiger partial charge in [-0.25, -0.2) is 0 Å². The molecule has 0 heterocycles. The molecule has 0 amide bonds. The Bertz CT molecular complexity index is 873. The summed E-state index contributed by atoms with van der Waals surface area (Å²) in [5.41, 5.74) is 12.9. The largest absolute Gasteiger partial charge is 0.289 e. The fourth-order valence-electron chi connectivity index (χ4n) is 2.65. The first-order valence-corrected chi connectivity index (χ1v) is 7.35. The Kier molecular flexibility index (Phi) is 4.02. The van der Waals surface area contributed by atoms with Crippen molar-refractivity contribution in [1.82, 2.24) is 0 Å². The molecule has 0 unspecified atom stereocenters. The highest BCUT2D eigenvalue weighted by atomic mass is 35.5.